The van der Waals surface area contributed by atoms with Gasteiger partial charge in [-0.1, -0.05) is 27.7 Å². The van der Waals surface area contributed by atoms with Crippen LogP contribution in [-0.4, -0.2) is 4.98 Å². The van der Waals surface area contributed by atoms with Gasteiger partial charge in [-0.05, 0) is 81.0 Å². The predicted octanol–water partition coefficient (Wildman–Crippen LogP) is 8.71. The summed E-state index contributed by atoms with van der Waals surface area (Å²) in [6.45, 7) is 18.4. The molecular weight excluding hydrogens is 410 g/mol. The quantitative estimate of drug-likeness (QED) is 0.338. The first-order valence-electron chi connectivity index (χ1n) is 10.8. The summed E-state index contributed by atoms with van der Waals surface area (Å²) in [7, 11) is 0. The number of thiazole rings is 1. The Morgan fingerprint density at radius 3 is 2.17 bits per heavy atom. The molecular formula is C25H35NS3. The summed E-state index contributed by atoms with van der Waals surface area (Å²) in [4.78, 5) is 12.3. The van der Waals surface area contributed by atoms with Crippen molar-refractivity contribution in [3.63, 3.8) is 0 Å². The van der Waals surface area contributed by atoms with Crippen LogP contribution in [0, 0.1) is 27.7 Å². The first kappa shape index (κ1) is 22.7. The summed E-state index contributed by atoms with van der Waals surface area (Å²) in [6.07, 6.45) is 5.56. The Morgan fingerprint density at radius 1 is 0.862 bits per heavy atom. The highest BCUT2D eigenvalue weighted by Gasteiger charge is 2.20. The highest BCUT2D eigenvalue weighted by atomic mass is 32.1. The van der Waals surface area contributed by atoms with Gasteiger partial charge in [-0.3, -0.25) is 0 Å². The third-order valence-corrected chi connectivity index (χ3v) is 10.4. The molecule has 29 heavy (non-hydrogen) atoms. The second-order valence-corrected chi connectivity index (χ2v) is 12.5. The minimum absolute atomic E-state index is 0.540. The molecule has 0 N–H and O–H groups in total. The summed E-state index contributed by atoms with van der Waals surface area (Å²) in [5.74, 6) is 1.76. The van der Waals surface area contributed by atoms with Crippen LogP contribution in [0.3, 0.4) is 0 Å². The average Bonchev–Trinajstić information content (AvgIpc) is 3.33. The number of aromatic nitrogens is 1. The Balaban J connectivity index is 1.69. The van der Waals surface area contributed by atoms with Crippen LogP contribution in [0.2, 0.25) is 0 Å². The molecule has 0 aliphatic heterocycles. The van der Waals surface area contributed by atoms with Gasteiger partial charge in [0.05, 0.1) is 5.01 Å². The van der Waals surface area contributed by atoms with E-state index < -0.39 is 0 Å². The molecule has 0 bridgehead atoms. The topological polar surface area (TPSA) is 12.9 Å². The van der Waals surface area contributed by atoms with E-state index in [0.29, 0.717) is 17.8 Å². The lowest BCUT2D eigenvalue weighted by Gasteiger charge is -2.10. The van der Waals surface area contributed by atoms with Crippen LogP contribution in [-0.2, 0) is 12.8 Å². The third-order valence-electron chi connectivity index (χ3n) is 5.98. The van der Waals surface area contributed by atoms with Gasteiger partial charge in [0, 0.05) is 37.0 Å². The summed E-state index contributed by atoms with van der Waals surface area (Å²) in [6, 6.07) is 2.33. The molecule has 0 saturated carbocycles. The molecule has 0 fully saturated rings. The van der Waals surface area contributed by atoms with E-state index in [1.165, 1.54) is 44.3 Å². The number of thiophene rings is 2. The van der Waals surface area contributed by atoms with Gasteiger partial charge in [-0.25, -0.2) is 4.98 Å². The fraction of sp³-hybridized carbons (Fsp3) is 0.560. The van der Waals surface area contributed by atoms with E-state index >= 15 is 0 Å². The second kappa shape index (κ2) is 9.45. The van der Waals surface area contributed by atoms with E-state index in [1.54, 1.807) is 14.6 Å². The molecule has 1 nitrogen and oxygen atoms in total. The van der Waals surface area contributed by atoms with Gasteiger partial charge in [-0.2, -0.15) is 0 Å². The normalized spacial score (nSPS) is 14.0. The zero-order chi connectivity index (χ0) is 21.3. The van der Waals surface area contributed by atoms with Crippen LogP contribution < -0.4 is 0 Å². The van der Waals surface area contributed by atoms with Crippen molar-refractivity contribution < 1.29 is 0 Å². The van der Waals surface area contributed by atoms with E-state index in [1.807, 2.05) is 22.7 Å². The van der Waals surface area contributed by atoms with Gasteiger partial charge in [-0.15, -0.1) is 34.0 Å². The van der Waals surface area contributed by atoms with Crippen LogP contribution >= 0.6 is 34.0 Å². The van der Waals surface area contributed by atoms with Crippen molar-refractivity contribution >= 4 is 34.0 Å². The Bertz CT molecular complexity index is 957. The molecule has 2 atom stereocenters. The summed E-state index contributed by atoms with van der Waals surface area (Å²) >= 11 is 5.92. The first-order chi connectivity index (χ1) is 13.7. The van der Waals surface area contributed by atoms with E-state index in [-0.39, 0.29) is 0 Å². The zero-order valence-electron chi connectivity index (χ0n) is 19.2. The Hall–Kier alpha value is -0.970. The minimum atomic E-state index is 0.540. The maximum Gasteiger partial charge on any atom is 0.0934 e. The molecule has 3 rings (SSSR count). The SMILES string of the molecule is Cc1cc(C)c(C(C)CCc2sc(C(C)Cc3ncc(C(C)C)s3)c(C)c2C)s1. The Morgan fingerprint density at radius 2 is 1.59 bits per heavy atom. The number of hydrogen-bond donors (Lipinski definition) is 0. The number of hydrogen-bond acceptors (Lipinski definition) is 4. The van der Waals surface area contributed by atoms with Crippen molar-refractivity contribution in [1.82, 2.24) is 4.98 Å². The van der Waals surface area contributed by atoms with Gasteiger partial charge in [0.2, 0.25) is 0 Å². The molecule has 0 radical (unpaired) electrons. The van der Waals surface area contributed by atoms with E-state index in [2.05, 4.69) is 84.0 Å². The van der Waals surface area contributed by atoms with Crippen molar-refractivity contribution in [3.05, 3.63) is 58.3 Å². The van der Waals surface area contributed by atoms with Crippen molar-refractivity contribution in [3.8, 4) is 0 Å². The molecule has 3 aromatic heterocycles. The van der Waals surface area contributed by atoms with Crippen molar-refractivity contribution in [1.29, 1.82) is 0 Å². The van der Waals surface area contributed by atoms with Gasteiger partial charge in [0.25, 0.3) is 0 Å². The van der Waals surface area contributed by atoms with E-state index in [0.717, 1.165) is 6.42 Å². The highest BCUT2D eigenvalue weighted by Crippen LogP contribution is 2.38. The van der Waals surface area contributed by atoms with E-state index in [4.69, 9.17) is 0 Å². The minimum Gasteiger partial charge on any atom is -0.249 e. The molecule has 4 heteroatoms. The first-order valence-corrected chi connectivity index (χ1v) is 13.2. The fourth-order valence-corrected chi connectivity index (χ4v) is 7.61. The number of rotatable bonds is 8. The van der Waals surface area contributed by atoms with Crippen molar-refractivity contribution in [2.75, 3.05) is 0 Å². The average molecular weight is 446 g/mol. The standard InChI is InChI=1S/C25H35NS3/c1-14(2)22-13-26-23(28-22)12-17(5)25-20(8)19(7)21(29-25)10-9-15(3)24-16(4)11-18(6)27-24/h11,13-15,17H,9-10,12H2,1-8H3. The third kappa shape index (κ3) is 5.21. The van der Waals surface area contributed by atoms with Crippen LogP contribution in [0.15, 0.2) is 12.3 Å². The van der Waals surface area contributed by atoms with Gasteiger partial charge < -0.3 is 0 Å². The highest BCUT2D eigenvalue weighted by molar-refractivity contribution is 7.13. The van der Waals surface area contributed by atoms with Gasteiger partial charge in [0.15, 0.2) is 0 Å². The molecule has 0 spiro atoms. The molecule has 0 aromatic carbocycles. The van der Waals surface area contributed by atoms with E-state index in [9.17, 15) is 0 Å². The lowest BCUT2D eigenvalue weighted by molar-refractivity contribution is 0.691. The monoisotopic (exact) mass is 445 g/mol. The predicted molar refractivity (Wildman–Crippen MR) is 133 cm³/mol. The molecule has 0 aliphatic carbocycles. The number of nitrogens with zero attached hydrogens (tertiary/aromatic N) is 1. The van der Waals surface area contributed by atoms with Crippen LogP contribution in [0.5, 0.6) is 0 Å². The van der Waals surface area contributed by atoms with Crippen LogP contribution in [0.4, 0.5) is 0 Å². The molecule has 3 aromatic rings. The van der Waals surface area contributed by atoms with Crippen molar-refractivity contribution in [2.24, 2.45) is 0 Å². The summed E-state index contributed by atoms with van der Waals surface area (Å²) in [5.41, 5.74) is 4.50. The molecule has 0 amide bonds. The lowest BCUT2D eigenvalue weighted by atomic mass is 9.97. The number of aryl methyl sites for hydroxylation is 3. The molecule has 3 heterocycles. The molecule has 0 saturated heterocycles. The molecule has 0 aliphatic rings. The van der Waals surface area contributed by atoms with Crippen molar-refractivity contribution in [2.45, 2.75) is 92.4 Å². The fourth-order valence-electron chi connectivity index (χ4n) is 4.06. The molecule has 2 unspecified atom stereocenters. The van der Waals surface area contributed by atoms with Gasteiger partial charge >= 0.3 is 0 Å². The maximum absolute atomic E-state index is 4.69. The molecule has 158 valence electrons. The van der Waals surface area contributed by atoms with Crippen LogP contribution in [0.1, 0.15) is 98.0 Å². The Kier molecular flexibility index (Phi) is 7.40. The summed E-state index contributed by atoms with van der Waals surface area (Å²) in [5, 5.41) is 1.28. The zero-order valence-corrected chi connectivity index (χ0v) is 21.6. The maximum atomic E-state index is 4.69. The smallest absolute Gasteiger partial charge is 0.0934 e. The lowest BCUT2D eigenvalue weighted by Crippen LogP contribution is -1.97. The Labute approximate surface area is 189 Å². The summed E-state index contributed by atoms with van der Waals surface area (Å²) < 4.78 is 0. The van der Waals surface area contributed by atoms with Gasteiger partial charge in [0.1, 0.15) is 0 Å². The second-order valence-electron chi connectivity index (χ2n) is 8.90. The largest absolute Gasteiger partial charge is 0.249 e. The van der Waals surface area contributed by atoms with Crippen LogP contribution in [0.25, 0.3) is 0 Å².